The maximum Gasteiger partial charge on any atom is 0.357 e. The number of aliphatic hydroxyl groups is 1. The number of benzene rings is 1. The zero-order chi connectivity index (χ0) is 22.4. The maximum atomic E-state index is 12.2. The summed E-state index contributed by atoms with van der Waals surface area (Å²) in [5, 5.41) is 15.4. The molecule has 0 saturated carbocycles. The van der Waals surface area contributed by atoms with Crippen molar-refractivity contribution in [3.05, 3.63) is 45.9 Å². The lowest BCUT2D eigenvalue weighted by molar-refractivity contribution is -0.125. The van der Waals surface area contributed by atoms with E-state index < -0.39 is 12.1 Å². The summed E-state index contributed by atoms with van der Waals surface area (Å²) in [7, 11) is 1.31. The summed E-state index contributed by atoms with van der Waals surface area (Å²) in [6, 6.07) is 7.40. The van der Waals surface area contributed by atoms with Gasteiger partial charge < -0.3 is 24.6 Å². The van der Waals surface area contributed by atoms with Crippen LogP contribution in [0, 0.1) is 17.8 Å². The quantitative estimate of drug-likeness (QED) is 0.538. The highest BCUT2D eigenvalue weighted by atomic mass is 32.1. The van der Waals surface area contributed by atoms with Gasteiger partial charge in [0.05, 0.1) is 39.0 Å². The Hall–Kier alpha value is -2.49. The van der Waals surface area contributed by atoms with Crippen LogP contribution in [0.25, 0.3) is 0 Å². The lowest BCUT2D eigenvalue weighted by Gasteiger charge is -2.19. The van der Waals surface area contributed by atoms with Gasteiger partial charge in [-0.05, 0) is 23.6 Å². The third kappa shape index (κ3) is 6.03. The van der Waals surface area contributed by atoms with E-state index in [1.54, 1.807) is 5.38 Å². The van der Waals surface area contributed by atoms with Crippen LogP contribution in [-0.4, -0.2) is 48.8 Å². The number of methoxy groups -OCH3 is 1. The molecular weight excluding hydrogens is 420 g/mol. The van der Waals surface area contributed by atoms with Crippen molar-refractivity contribution in [3.8, 4) is 5.75 Å². The Labute approximate surface area is 185 Å². The first-order valence-corrected chi connectivity index (χ1v) is 11.1. The molecule has 0 radical (unpaired) electrons. The number of carbonyl (C=O) groups excluding carboxylic acids is 2. The van der Waals surface area contributed by atoms with Crippen molar-refractivity contribution in [2.24, 2.45) is 17.8 Å². The standard InChI is InChI=1S/C22H28N2O6S/c1-13(2)20(25)14-5-4-6-16(7-14)30-9-15-8-23-21(26)17(15)10-29-11-19-24-18(12-31-19)22(27)28-3/h4-7,12-13,15,17,20,25H,8-11H2,1-3H3,(H,23,26)/t15-,17-,20?/m1/s1. The zero-order valence-electron chi connectivity index (χ0n) is 17.9. The molecule has 3 rings (SSSR count). The van der Waals surface area contributed by atoms with Gasteiger partial charge in [0.25, 0.3) is 0 Å². The van der Waals surface area contributed by atoms with Crippen molar-refractivity contribution in [3.63, 3.8) is 0 Å². The Bertz CT molecular complexity index is 900. The molecule has 0 aliphatic carbocycles. The summed E-state index contributed by atoms with van der Waals surface area (Å²) >= 11 is 1.31. The highest BCUT2D eigenvalue weighted by Gasteiger charge is 2.35. The van der Waals surface area contributed by atoms with Crippen molar-refractivity contribution in [1.82, 2.24) is 10.3 Å². The molecule has 168 valence electrons. The van der Waals surface area contributed by atoms with Gasteiger partial charge in [-0.15, -0.1) is 11.3 Å². The number of amides is 1. The second-order valence-electron chi connectivity index (χ2n) is 7.82. The number of aromatic nitrogens is 1. The smallest absolute Gasteiger partial charge is 0.357 e. The van der Waals surface area contributed by atoms with Crippen LogP contribution in [0.1, 0.15) is 41.0 Å². The minimum Gasteiger partial charge on any atom is -0.493 e. The average molecular weight is 449 g/mol. The maximum absolute atomic E-state index is 12.2. The van der Waals surface area contributed by atoms with E-state index in [1.165, 1.54) is 18.4 Å². The van der Waals surface area contributed by atoms with Crippen LogP contribution in [0.2, 0.25) is 0 Å². The number of nitrogens with one attached hydrogen (secondary N) is 1. The second-order valence-corrected chi connectivity index (χ2v) is 8.76. The third-order valence-electron chi connectivity index (χ3n) is 5.21. The number of ether oxygens (including phenoxy) is 3. The number of hydrogen-bond acceptors (Lipinski definition) is 8. The largest absolute Gasteiger partial charge is 0.493 e. The first-order valence-electron chi connectivity index (χ1n) is 10.2. The predicted octanol–water partition coefficient (Wildman–Crippen LogP) is 2.58. The lowest BCUT2D eigenvalue weighted by atomic mass is 9.97. The molecule has 0 spiro atoms. The van der Waals surface area contributed by atoms with Crippen LogP contribution < -0.4 is 10.1 Å². The Kier molecular flexibility index (Phi) is 8.00. The molecule has 1 amide bonds. The van der Waals surface area contributed by atoms with Crippen LogP contribution >= 0.6 is 11.3 Å². The SMILES string of the molecule is COC(=O)c1csc(COC[C@H]2C(=O)NC[C@@H]2COc2cccc(C(O)C(C)C)c2)n1. The normalized spacial score (nSPS) is 19.3. The van der Waals surface area contributed by atoms with E-state index in [2.05, 4.69) is 15.0 Å². The minimum atomic E-state index is -0.551. The zero-order valence-corrected chi connectivity index (χ0v) is 18.7. The molecule has 3 atom stereocenters. The van der Waals surface area contributed by atoms with Gasteiger partial charge in [-0.3, -0.25) is 4.79 Å². The van der Waals surface area contributed by atoms with Crippen molar-refractivity contribution in [2.45, 2.75) is 26.6 Å². The number of carbonyl (C=O) groups is 2. The number of aliphatic hydroxyl groups excluding tert-OH is 1. The average Bonchev–Trinajstić information content (AvgIpc) is 3.38. The summed E-state index contributed by atoms with van der Waals surface area (Å²) in [6.07, 6.45) is -0.551. The molecule has 9 heteroatoms. The summed E-state index contributed by atoms with van der Waals surface area (Å²) < 4.78 is 16.3. The number of hydrogen-bond donors (Lipinski definition) is 2. The number of thiazole rings is 1. The molecule has 0 bridgehead atoms. The predicted molar refractivity (Wildman–Crippen MR) is 115 cm³/mol. The summed E-state index contributed by atoms with van der Waals surface area (Å²) in [4.78, 5) is 27.9. The Balaban J connectivity index is 1.51. The molecule has 8 nitrogen and oxygen atoms in total. The van der Waals surface area contributed by atoms with E-state index >= 15 is 0 Å². The summed E-state index contributed by atoms with van der Waals surface area (Å²) in [5.74, 6) is -0.145. The number of esters is 1. The first kappa shape index (κ1) is 23.2. The molecule has 2 heterocycles. The fourth-order valence-corrected chi connectivity index (χ4v) is 4.03. The fourth-order valence-electron chi connectivity index (χ4n) is 3.33. The molecule has 1 unspecified atom stereocenters. The van der Waals surface area contributed by atoms with Gasteiger partial charge in [0, 0.05) is 17.8 Å². The van der Waals surface area contributed by atoms with E-state index in [4.69, 9.17) is 9.47 Å². The van der Waals surface area contributed by atoms with Crippen LogP contribution in [0.5, 0.6) is 5.75 Å². The van der Waals surface area contributed by atoms with E-state index in [0.717, 1.165) is 5.56 Å². The highest BCUT2D eigenvalue weighted by Crippen LogP contribution is 2.26. The van der Waals surface area contributed by atoms with Gasteiger partial charge in [-0.2, -0.15) is 0 Å². The molecule has 1 saturated heterocycles. The lowest BCUT2D eigenvalue weighted by Crippen LogP contribution is -2.27. The Morgan fingerprint density at radius 1 is 1.35 bits per heavy atom. The Morgan fingerprint density at radius 2 is 2.16 bits per heavy atom. The van der Waals surface area contributed by atoms with Gasteiger partial charge in [0.2, 0.25) is 5.91 Å². The second kappa shape index (κ2) is 10.7. The summed E-state index contributed by atoms with van der Waals surface area (Å²) in [5.41, 5.74) is 1.06. The van der Waals surface area contributed by atoms with Crippen LogP contribution in [0.15, 0.2) is 29.6 Å². The molecule has 1 aromatic carbocycles. The van der Waals surface area contributed by atoms with Crippen molar-refractivity contribution in [2.75, 3.05) is 26.9 Å². The van der Waals surface area contributed by atoms with Crippen molar-refractivity contribution < 1.29 is 28.9 Å². The number of rotatable bonds is 10. The van der Waals surface area contributed by atoms with Crippen molar-refractivity contribution >= 4 is 23.2 Å². The van der Waals surface area contributed by atoms with E-state index in [0.29, 0.717) is 23.9 Å². The fraction of sp³-hybridized carbons (Fsp3) is 0.500. The molecule has 2 aromatic rings. The minimum absolute atomic E-state index is 0.0342. The molecular formula is C22H28N2O6S. The van der Waals surface area contributed by atoms with E-state index in [9.17, 15) is 14.7 Å². The molecule has 1 aliphatic rings. The number of nitrogens with zero attached hydrogens (tertiary/aromatic N) is 1. The Morgan fingerprint density at radius 3 is 2.90 bits per heavy atom. The summed E-state index contributed by atoms with van der Waals surface area (Å²) in [6.45, 7) is 5.25. The highest BCUT2D eigenvalue weighted by molar-refractivity contribution is 7.09. The van der Waals surface area contributed by atoms with Crippen molar-refractivity contribution in [1.29, 1.82) is 0 Å². The third-order valence-corrected chi connectivity index (χ3v) is 6.03. The van der Waals surface area contributed by atoms with Gasteiger partial charge in [-0.1, -0.05) is 26.0 Å². The first-order chi connectivity index (χ1) is 14.9. The van der Waals surface area contributed by atoms with Crippen LogP contribution in [-0.2, 0) is 20.9 Å². The van der Waals surface area contributed by atoms with Gasteiger partial charge in [-0.25, -0.2) is 9.78 Å². The molecule has 1 aliphatic heterocycles. The topological polar surface area (TPSA) is 107 Å². The van der Waals surface area contributed by atoms with E-state index in [1.807, 2.05) is 38.1 Å². The molecule has 1 fully saturated rings. The molecule has 31 heavy (non-hydrogen) atoms. The van der Waals surface area contributed by atoms with Crippen LogP contribution in [0.4, 0.5) is 0 Å². The van der Waals surface area contributed by atoms with Gasteiger partial charge >= 0.3 is 5.97 Å². The molecule has 1 aromatic heterocycles. The van der Waals surface area contributed by atoms with Gasteiger partial charge in [0.1, 0.15) is 10.8 Å². The molecule has 2 N–H and O–H groups in total. The van der Waals surface area contributed by atoms with E-state index in [-0.39, 0.29) is 42.6 Å². The van der Waals surface area contributed by atoms with Crippen LogP contribution in [0.3, 0.4) is 0 Å². The monoisotopic (exact) mass is 448 g/mol. The van der Waals surface area contributed by atoms with Gasteiger partial charge in [0.15, 0.2) is 5.69 Å².